The average Bonchev–Trinajstić information content (AvgIpc) is 2.54. The summed E-state index contributed by atoms with van der Waals surface area (Å²) in [7, 11) is 0. The highest BCUT2D eigenvalue weighted by Crippen LogP contribution is 2.34. The van der Waals surface area contributed by atoms with Crippen molar-refractivity contribution in [1.82, 2.24) is 10.2 Å². The van der Waals surface area contributed by atoms with Gasteiger partial charge < -0.3 is 10.2 Å². The summed E-state index contributed by atoms with van der Waals surface area (Å²) in [6, 6.07) is 8.19. The van der Waals surface area contributed by atoms with Crippen molar-refractivity contribution in [2.24, 2.45) is 0 Å². The van der Waals surface area contributed by atoms with Gasteiger partial charge in [0.2, 0.25) is 5.91 Å². The van der Waals surface area contributed by atoms with Gasteiger partial charge in [-0.25, -0.2) is 0 Å². The molecule has 1 aromatic rings. The molecule has 2 aliphatic rings. The SMILES string of the molecule is CC(C(=O)N1CCSc2ccccc21)N1CCNCC1. The summed E-state index contributed by atoms with van der Waals surface area (Å²) < 4.78 is 0. The van der Waals surface area contributed by atoms with E-state index >= 15 is 0 Å². The molecule has 0 aliphatic carbocycles. The van der Waals surface area contributed by atoms with Gasteiger partial charge in [0.15, 0.2) is 0 Å². The van der Waals surface area contributed by atoms with Gasteiger partial charge >= 0.3 is 0 Å². The fraction of sp³-hybridized carbons (Fsp3) is 0.533. The van der Waals surface area contributed by atoms with E-state index in [2.05, 4.69) is 22.3 Å². The van der Waals surface area contributed by atoms with Gasteiger partial charge in [0.1, 0.15) is 0 Å². The lowest BCUT2D eigenvalue weighted by atomic mass is 10.2. The molecule has 108 valence electrons. The number of carbonyl (C=O) groups excluding carboxylic acids is 1. The Morgan fingerprint density at radius 1 is 1.25 bits per heavy atom. The molecule has 2 aliphatic heterocycles. The zero-order chi connectivity index (χ0) is 13.9. The van der Waals surface area contributed by atoms with Crippen molar-refractivity contribution in [3.8, 4) is 0 Å². The van der Waals surface area contributed by atoms with Gasteiger partial charge in [0.05, 0.1) is 11.7 Å². The van der Waals surface area contributed by atoms with Gasteiger partial charge in [0, 0.05) is 43.4 Å². The maximum Gasteiger partial charge on any atom is 0.244 e. The Bertz CT molecular complexity index is 488. The molecule has 1 fully saturated rings. The summed E-state index contributed by atoms with van der Waals surface area (Å²) in [5.41, 5.74) is 1.08. The summed E-state index contributed by atoms with van der Waals surface area (Å²) in [4.78, 5) is 18.3. The molecule has 0 spiro atoms. The van der Waals surface area contributed by atoms with Crippen LogP contribution in [0.25, 0.3) is 0 Å². The first kappa shape index (κ1) is 13.9. The lowest BCUT2D eigenvalue weighted by Crippen LogP contribution is -2.54. The number of fused-ring (bicyclic) bond motifs is 1. The number of thioether (sulfide) groups is 1. The number of hydrogen-bond donors (Lipinski definition) is 1. The first-order valence-electron chi connectivity index (χ1n) is 7.25. The minimum Gasteiger partial charge on any atom is -0.314 e. The van der Waals surface area contributed by atoms with Gasteiger partial charge in [-0.1, -0.05) is 12.1 Å². The highest BCUT2D eigenvalue weighted by molar-refractivity contribution is 7.99. The normalized spacial score (nSPS) is 21.4. The Balaban J connectivity index is 1.77. The van der Waals surface area contributed by atoms with Crippen LogP contribution in [-0.2, 0) is 4.79 Å². The number of amides is 1. The van der Waals surface area contributed by atoms with E-state index in [0.717, 1.165) is 44.2 Å². The molecule has 3 rings (SSSR count). The molecule has 5 heteroatoms. The lowest BCUT2D eigenvalue weighted by Gasteiger charge is -2.36. The van der Waals surface area contributed by atoms with E-state index in [0.29, 0.717) is 0 Å². The number of nitrogens with zero attached hydrogens (tertiary/aromatic N) is 2. The van der Waals surface area contributed by atoms with Crippen molar-refractivity contribution in [2.45, 2.75) is 17.9 Å². The summed E-state index contributed by atoms with van der Waals surface area (Å²) in [5.74, 6) is 1.22. The molecule has 20 heavy (non-hydrogen) atoms. The van der Waals surface area contributed by atoms with Gasteiger partial charge in [-0.2, -0.15) is 0 Å². The van der Waals surface area contributed by atoms with Crippen LogP contribution in [0.3, 0.4) is 0 Å². The monoisotopic (exact) mass is 291 g/mol. The number of rotatable bonds is 2. The van der Waals surface area contributed by atoms with Crippen LogP contribution in [0.4, 0.5) is 5.69 Å². The molecule has 0 bridgehead atoms. The Kier molecular flexibility index (Phi) is 4.29. The number of piperazine rings is 1. The van der Waals surface area contributed by atoms with Crippen molar-refractivity contribution in [2.75, 3.05) is 43.4 Å². The van der Waals surface area contributed by atoms with E-state index in [4.69, 9.17) is 0 Å². The first-order chi connectivity index (χ1) is 9.77. The average molecular weight is 291 g/mol. The van der Waals surface area contributed by atoms with Crippen molar-refractivity contribution < 1.29 is 4.79 Å². The Morgan fingerprint density at radius 2 is 2.00 bits per heavy atom. The third kappa shape index (κ3) is 2.71. The number of nitrogens with one attached hydrogen (secondary N) is 1. The molecule has 1 amide bonds. The number of hydrogen-bond acceptors (Lipinski definition) is 4. The van der Waals surface area contributed by atoms with Crippen LogP contribution in [0.1, 0.15) is 6.92 Å². The Labute approximate surface area is 124 Å². The fourth-order valence-electron chi connectivity index (χ4n) is 2.85. The zero-order valence-corrected chi connectivity index (χ0v) is 12.7. The molecule has 4 nitrogen and oxygen atoms in total. The minimum atomic E-state index is -0.0340. The van der Waals surface area contributed by atoms with Crippen molar-refractivity contribution >= 4 is 23.4 Å². The van der Waals surface area contributed by atoms with E-state index in [1.807, 2.05) is 35.7 Å². The molecule has 0 radical (unpaired) electrons. The Hall–Kier alpha value is -1.04. The molecule has 1 N–H and O–H groups in total. The molecule has 2 heterocycles. The summed E-state index contributed by atoms with van der Waals surface area (Å²) in [6.45, 7) is 6.72. The van der Waals surface area contributed by atoms with Crippen LogP contribution in [0, 0.1) is 0 Å². The lowest BCUT2D eigenvalue weighted by molar-refractivity contribution is -0.123. The highest BCUT2D eigenvalue weighted by Gasteiger charge is 2.30. The predicted molar refractivity (Wildman–Crippen MR) is 83.4 cm³/mol. The van der Waals surface area contributed by atoms with E-state index in [1.165, 1.54) is 4.90 Å². The van der Waals surface area contributed by atoms with E-state index in [-0.39, 0.29) is 11.9 Å². The fourth-order valence-corrected chi connectivity index (χ4v) is 3.84. The molecule has 1 saturated heterocycles. The van der Waals surface area contributed by atoms with E-state index in [1.54, 1.807) is 0 Å². The van der Waals surface area contributed by atoms with E-state index in [9.17, 15) is 4.79 Å². The third-order valence-corrected chi connectivity index (χ3v) is 5.09. The topological polar surface area (TPSA) is 35.6 Å². The van der Waals surface area contributed by atoms with Gasteiger partial charge in [0.25, 0.3) is 0 Å². The maximum absolute atomic E-state index is 12.8. The predicted octanol–water partition coefficient (Wildman–Crippen LogP) is 1.42. The van der Waals surface area contributed by atoms with Gasteiger partial charge in [-0.3, -0.25) is 9.69 Å². The molecule has 0 aromatic heterocycles. The second-order valence-corrected chi connectivity index (χ2v) is 6.40. The Morgan fingerprint density at radius 3 is 2.80 bits per heavy atom. The van der Waals surface area contributed by atoms with Crippen molar-refractivity contribution in [3.05, 3.63) is 24.3 Å². The number of carbonyl (C=O) groups is 1. The highest BCUT2D eigenvalue weighted by atomic mass is 32.2. The number of anilines is 1. The van der Waals surface area contributed by atoms with Crippen LogP contribution in [-0.4, -0.2) is 55.3 Å². The standard InChI is InChI=1S/C15H21N3OS/c1-12(17-8-6-16-7-9-17)15(19)18-10-11-20-14-5-3-2-4-13(14)18/h2-5,12,16H,6-11H2,1H3. The second-order valence-electron chi connectivity index (χ2n) is 5.27. The second kappa shape index (κ2) is 6.16. The third-order valence-electron chi connectivity index (χ3n) is 4.05. The van der Waals surface area contributed by atoms with Gasteiger partial charge in [-0.15, -0.1) is 11.8 Å². The van der Waals surface area contributed by atoms with Gasteiger partial charge in [-0.05, 0) is 19.1 Å². The van der Waals surface area contributed by atoms with Crippen LogP contribution in [0.15, 0.2) is 29.2 Å². The first-order valence-corrected chi connectivity index (χ1v) is 8.24. The van der Waals surface area contributed by atoms with E-state index < -0.39 is 0 Å². The molecule has 1 atom stereocenters. The molecule has 0 saturated carbocycles. The van der Waals surface area contributed by atoms with Crippen molar-refractivity contribution in [1.29, 1.82) is 0 Å². The summed E-state index contributed by atoms with van der Waals surface area (Å²) >= 11 is 1.84. The molecular weight excluding hydrogens is 270 g/mol. The number of para-hydroxylation sites is 1. The van der Waals surface area contributed by atoms with Crippen LogP contribution < -0.4 is 10.2 Å². The van der Waals surface area contributed by atoms with Crippen LogP contribution in [0.2, 0.25) is 0 Å². The largest absolute Gasteiger partial charge is 0.314 e. The smallest absolute Gasteiger partial charge is 0.244 e. The van der Waals surface area contributed by atoms with Crippen molar-refractivity contribution in [3.63, 3.8) is 0 Å². The maximum atomic E-state index is 12.8. The number of benzene rings is 1. The quantitative estimate of drug-likeness (QED) is 0.894. The van der Waals surface area contributed by atoms with Crippen LogP contribution >= 0.6 is 11.8 Å². The summed E-state index contributed by atoms with van der Waals surface area (Å²) in [5, 5.41) is 3.33. The zero-order valence-electron chi connectivity index (χ0n) is 11.8. The van der Waals surface area contributed by atoms with Crippen LogP contribution in [0.5, 0.6) is 0 Å². The molecule has 1 aromatic carbocycles. The molecule has 1 unspecified atom stereocenters. The molecular formula is C15H21N3OS. The minimum absolute atomic E-state index is 0.0340. The summed E-state index contributed by atoms with van der Waals surface area (Å²) in [6.07, 6.45) is 0.